The van der Waals surface area contributed by atoms with Crippen LogP contribution in [-0.4, -0.2) is 20.7 Å². The summed E-state index contributed by atoms with van der Waals surface area (Å²) < 4.78 is 13.3. The Morgan fingerprint density at radius 2 is 1.95 bits per heavy atom. The molecule has 0 radical (unpaired) electrons. The number of nitrogens with zero attached hydrogens (tertiary/aromatic N) is 2. The number of imidazole rings is 1. The van der Waals surface area contributed by atoms with Gasteiger partial charge in [0.05, 0.1) is 17.2 Å². The zero-order valence-electron chi connectivity index (χ0n) is 11.4. The van der Waals surface area contributed by atoms with E-state index in [-0.39, 0.29) is 17.2 Å². The van der Waals surface area contributed by atoms with Crippen LogP contribution >= 0.6 is 0 Å². The Hall–Kier alpha value is -3.08. The van der Waals surface area contributed by atoms with Crippen LogP contribution in [0.25, 0.3) is 21.9 Å². The lowest BCUT2D eigenvalue weighted by atomic mass is 10.1. The molecule has 0 unspecified atom stereocenters. The Bertz CT molecular complexity index is 1020. The summed E-state index contributed by atoms with van der Waals surface area (Å²) in [7, 11) is 0. The van der Waals surface area contributed by atoms with Crippen LogP contribution in [0.5, 0.6) is 0 Å². The van der Waals surface area contributed by atoms with Gasteiger partial charge >= 0.3 is 0 Å². The molecule has 4 rings (SSSR count). The van der Waals surface area contributed by atoms with E-state index in [4.69, 9.17) is 0 Å². The molecule has 2 aromatic heterocycles. The first-order valence-corrected chi connectivity index (χ1v) is 6.76. The van der Waals surface area contributed by atoms with Gasteiger partial charge in [-0.15, -0.1) is 0 Å². The molecule has 4 aromatic rings. The highest BCUT2D eigenvalue weighted by Crippen LogP contribution is 2.22. The molecule has 4 nitrogen and oxygen atoms in total. The maximum Gasteiger partial charge on any atom is 0.228 e. The maximum atomic E-state index is 13.3. The quantitative estimate of drug-likeness (QED) is 0.575. The number of hydrogen-bond acceptors (Lipinski definition) is 3. The summed E-state index contributed by atoms with van der Waals surface area (Å²) in [6.45, 7) is 0. The fraction of sp³-hybridized carbons (Fsp3) is 0. The molecular weight excluding hydrogens is 281 g/mol. The minimum Gasteiger partial charge on any atom is -0.334 e. The molecule has 0 atom stereocenters. The first-order valence-electron chi connectivity index (χ1n) is 6.76. The fourth-order valence-corrected chi connectivity index (χ4v) is 2.48. The molecule has 0 amide bonds. The highest BCUT2D eigenvalue weighted by Gasteiger charge is 2.15. The number of ketones is 1. The second-order valence-electron chi connectivity index (χ2n) is 4.96. The minimum absolute atomic E-state index is 0.179. The second-order valence-corrected chi connectivity index (χ2v) is 4.96. The number of carbonyl (C=O) groups excluding carboxylic acids is 1. The van der Waals surface area contributed by atoms with Gasteiger partial charge in [-0.05, 0) is 18.2 Å². The zero-order valence-corrected chi connectivity index (χ0v) is 11.4. The van der Waals surface area contributed by atoms with E-state index >= 15 is 0 Å². The maximum absolute atomic E-state index is 13.3. The molecule has 0 saturated heterocycles. The fourth-order valence-electron chi connectivity index (χ4n) is 2.48. The van der Waals surface area contributed by atoms with Gasteiger partial charge in [0, 0.05) is 10.9 Å². The summed E-state index contributed by atoms with van der Waals surface area (Å²) >= 11 is 0. The number of fused-ring (bicyclic) bond motifs is 3. The molecule has 0 aliphatic carbocycles. The first-order chi connectivity index (χ1) is 10.7. The van der Waals surface area contributed by atoms with E-state index in [1.165, 1.54) is 18.2 Å². The van der Waals surface area contributed by atoms with Crippen molar-refractivity contribution >= 4 is 27.7 Å². The largest absolute Gasteiger partial charge is 0.334 e. The first kappa shape index (κ1) is 12.6. The lowest BCUT2D eigenvalue weighted by Crippen LogP contribution is -2.03. The van der Waals surface area contributed by atoms with Crippen LogP contribution < -0.4 is 0 Å². The van der Waals surface area contributed by atoms with E-state index in [0.29, 0.717) is 11.0 Å². The van der Waals surface area contributed by atoms with Crippen molar-refractivity contribution in [3.63, 3.8) is 0 Å². The average molecular weight is 291 g/mol. The van der Waals surface area contributed by atoms with Crippen molar-refractivity contribution in [1.82, 2.24) is 15.0 Å². The second kappa shape index (κ2) is 4.73. The molecule has 0 fully saturated rings. The summed E-state index contributed by atoms with van der Waals surface area (Å²) in [4.78, 5) is 24.1. The van der Waals surface area contributed by atoms with Crippen molar-refractivity contribution in [3.8, 4) is 0 Å². The summed E-state index contributed by atoms with van der Waals surface area (Å²) in [5.74, 6) is -0.618. The molecule has 0 spiro atoms. The molecule has 0 aliphatic heterocycles. The average Bonchev–Trinajstić information content (AvgIpc) is 2.99. The van der Waals surface area contributed by atoms with Crippen LogP contribution in [0.2, 0.25) is 0 Å². The van der Waals surface area contributed by atoms with Gasteiger partial charge in [0.15, 0.2) is 5.82 Å². The topological polar surface area (TPSA) is 58.6 Å². The van der Waals surface area contributed by atoms with Crippen LogP contribution in [0.15, 0.2) is 54.7 Å². The highest BCUT2D eigenvalue weighted by atomic mass is 19.1. The number of pyridine rings is 1. The zero-order chi connectivity index (χ0) is 15.1. The Balaban J connectivity index is 1.89. The lowest BCUT2D eigenvalue weighted by molar-refractivity contribution is 0.103. The van der Waals surface area contributed by atoms with Gasteiger partial charge in [-0.2, -0.15) is 0 Å². The van der Waals surface area contributed by atoms with Gasteiger partial charge in [0.25, 0.3) is 0 Å². The van der Waals surface area contributed by atoms with E-state index < -0.39 is 5.82 Å². The Morgan fingerprint density at radius 1 is 1.09 bits per heavy atom. The molecule has 2 aromatic carbocycles. The Labute approximate surface area is 124 Å². The van der Waals surface area contributed by atoms with Gasteiger partial charge in [-0.3, -0.25) is 9.78 Å². The van der Waals surface area contributed by atoms with Crippen LogP contribution in [0, 0.1) is 5.82 Å². The third kappa shape index (κ3) is 1.95. The third-order valence-corrected chi connectivity index (χ3v) is 3.53. The number of benzene rings is 2. The van der Waals surface area contributed by atoms with Gasteiger partial charge in [-0.1, -0.05) is 30.3 Å². The van der Waals surface area contributed by atoms with Crippen molar-refractivity contribution in [3.05, 3.63) is 71.9 Å². The van der Waals surface area contributed by atoms with Crippen molar-refractivity contribution in [2.24, 2.45) is 0 Å². The molecule has 0 bridgehead atoms. The molecule has 22 heavy (non-hydrogen) atoms. The van der Waals surface area contributed by atoms with Crippen LogP contribution in [0.4, 0.5) is 4.39 Å². The number of aromatic nitrogens is 3. The van der Waals surface area contributed by atoms with Gasteiger partial charge in [0.2, 0.25) is 5.78 Å². The molecule has 0 saturated carbocycles. The number of carbonyl (C=O) groups is 1. The third-order valence-electron chi connectivity index (χ3n) is 3.53. The predicted octanol–water partition coefficient (Wildman–Crippen LogP) is 3.48. The standard InChI is InChI=1S/C17H10FN3O/c18-11-5-3-4-10(8-11)16(22)17-20-14-9-19-13-7-2-1-6-12(13)15(14)21-17/h1-9H,(H,20,21). The molecule has 106 valence electrons. The predicted molar refractivity (Wildman–Crippen MR) is 81.2 cm³/mol. The van der Waals surface area contributed by atoms with E-state index in [2.05, 4.69) is 15.0 Å². The molecule has 2 heterocycles. The number of hydrogen-bond donors (Lipinski definition) is 1. The van der Waals surface area contributed by atoms with E-state index in [9.17, 15) is 9.18 Å². The van der Waals surface area contributed by atoms with E-state index in [1.807, 2.05) is 24.3 Å². The molecule has 1 N–H and O–H groups in total. The number of halogens is 1. The number of H-pyrrole nitrogens is 1. The van der Waals surface area contributed by atoms with E-state index in [0.717, 1.165) is 10.9 Å². The number of rotatable bonds is 2. The van der Waals surface area contributed by atoms with Crippen LogP contribution in [0.3, 0.4) is 0 Å². The van der Waals surface area contributed by atoms with Crippen molar-refractivity contribution in [2.75, 3.05) is 0 Å². The minimum atomic E-state index is -0.450. The molecular formula is C17H10FN3O. The number of aromatic amines is 1. The van der Waals surface area contributed by atoms with Gasteiger partial charge in [0.1, 0.15) is 11.3 Å². The Kier molecular flexibility index (Phi) is 2.72. The van der Waals surface area contributed by atoms with Crippen molar-refractivity contribution in [1.29, 1.82) is 0 Å². The van der Waals surface area contributed by atoms with Gasteiger partial charge < -0.3 is 4.98 Å². The van der Waals surface area contributed by atoms with Gasteiger partial charge in [-0.25, -0.2) is 9.37 Å². The lowest BCUT2D eigenvalue weighted by Gasteiger charge is -1.97. The summed E-state index contributed by atoms with van der Waals surface area (Å²) in [6, 6.07) is 13.1. The molecule has 5 heteroatoms. The van der Waals surface area contributed by atoms with Crippen molar-refractivity contribution in [2.45, 2.75) is 0 Å². The Morgan fingerprint density at radius 3 is 2.82 bits per heavy atom. The highest BCUT2D eigenvalue weighted by molar-refractivity contribution is 6.10. The monoisotopic (exact) mass is 291 g/mol. The summed E-state index contributed by atoms with van der Waals surface area (Å²) in [5.41, 5.74) is 2.44. The number of nitrogens with one attached hydrogen (secondary N) is 1. The normalized spacial score (nSPS) is 11.1. The summed E-state index contributed by atoms with van der Waals surface area (Å²) in [5, 5.41) is 0.870. The number of para-hydroxylation sites is 1. The smallest absolute Gasteiger partial charge is 0.228 e. The summed E-state index contributed by atoms with van der Waals surface area (Å²) in [6.07, 6.45) is 1.65. The van der Waals surface area contributed by atoms with E-state index in [1.54, 1.807) is 12.3 Å². The van der Waals surface area contributed by atoms with Crippen LogP contribution in [-0.2, 0) is 0 Å². The van der Waals surface area contributed by atoms with Crippen LogP contribution in [0.1, 0.15) is 16.2 Å². The SMILES string of the molecule is O=C(c1cccc(F)c1)c1nc2c(cnc3ccccc32)[nH]1. The van der Waals surface area contributed by atoms with Crippen molar-refractivity contribution < 1.29 is 9.18 Å². The molecule has 0 aliphatic rings.